The molecule has 7 heteroatoms. The summed E-state index contributed by atoms with van der Waals surface area (Å²) in [6.45, 7) is 0. The standard InChI is InChI=1S/C13H13F3N2O.ClH/c1-18-8-2-3-11(18)12(17)9-4-6-10(7-5-9)19-13(14,15)16;/h2-8,12H,17H2,1H3;1H/t12-;/m1./s1. The molecule has 0 saturated carbocycles. The Morgan fingerprint density at radius 3 is 2.20 bits per heavy atom. The van der Waals surface area contributed by atoms with Crippen molar-refractivity contribution in [3.63, 3.8) is 0 Å². The summed E-state index contributed by atoms with van der Waals surface area (Å²) < 4.78 is 41.7. The van der Waals surface area contributed by atoms with Crippen LogP contribution >= 0.6 is 12.4 Å². The minimum atomic E-state index is -4.68. The van der Waals surface area contributed by atoms with E-state index < -0.39 is 6.36 Å². The van der Waals surface area contributed by atoms with Gasteiger partial charge in [0.05, 0.1) is 6.04 Å². The van der Waals surface area contributed by atoms with E-state index in [2.05, 4.69) is 4.74 Å². The molecule has 2 rings (SSSR count). The van der Waals surface area contributed by atoms with E-state index in [1.165, 1.54) is 24.3 Å². The quantitative estimate of drug-likeness (QED) is 0.944. The maximum absolute atomic E-state index is 12.0. The molecule has 0 radical (unpaired) electrons. The van der Waals surface area contributed by atoms with E-state index in [4.69, 9.17) is 5.73 Å². The first-order chi connectivity index (χ1) is 8.87. The van der Waals surface area contributed by atoms with Gasteiger partial charge in [-0.05, 0) is 29.8 Å². The molecule has 1 atom stereocenters. The van der Waals surface area contributed by atoms with Crippen LogP contribution in [0, 0.1) is 0 Å². The van der Waals surface area contributed by atoms with Crippen molar-refractivity contribution in [1.82, 2.24) is 4.57 Å². The van der Waals surface area contributed by atoms with E-state index >= 15 is 0 Å². The number of nitrogens with zero attached hydrogens (tertiary/aromatic N) is 1. The Balaban J connectivity index is 0.00000200. The number of alkyl halides is 3. The number of hydrogen-bond donors (Lipinski definition) is 1. The van der Waals surface area contributed by atoms with Crippen molar-refractivity contribution in [3.05, 3.63) is 53.9 Å². The fourth-order valence-electron chi connectivity index (χ4n) is 1.85. The first-order valence-corrected chi connectivity index (χ1v) is 5.59. The Morgan fingerprint density at radius 1 is 1.15 bits per heavy atom. The van der Waals surface area contributed by atoms with Crippen LogP contribution in [-0.2, 0) is 7.05 Å². The zero-order valence-corrected chi connectivity index (χ0v) is 11.4. The first kappa shape index (κ1) is 16.4. The second kappa shape index (κ2) is 6.19. The first-order valence-electron chi connectivity index (χ1n) is 5.59. The number of ether oxygens (including phenoxy) is 1. The number of hydrogen-bond acceptors (Lipinski definition) is 2. The molecule has 3 nitrogen and oxygen atoms in total. The molecule has 110 valence electrons. The van der Waals surface area contributed by atoms with Gasteiger partial charge in [-0.1, -0.05) is 12.1 Å². The third-order valence-electron chi connectivity index (χ3n) is 2.78. The summed E-state index contributed by atoms with van der Waals surface area (Å²) in [5, 5.41) is 0. The summed E-state index contributed by atoms with van der Waals surface area (Å²) in [7, 11) is 1.86. The van der Waals surface area contributed by atoms with Crippen LogP contribution in [0.1, 0.15) is 17.3 Å². The number of benzene rings is 1. The van der Waals surface area contributed by atoms with Crippen molar-refractivity contribution < 1.29 is 17.9 Å². The average Bonchev–Trinajstić information content (AvgIpc) is 2.73. The molecule has 1 aromatic heterocycles. The molecule has 0 bridgehead atoms. The number of aromatic nitrogens is 1. The molecule has 0 fully saturated rings. The summed E-state index contributed by atoms with van der Waals surface area (Å²) in [6, 6.07) is 8.90. The normalized spacial score (nSPS) is 12.7. The summed E-state index contributed by atoms with van der Waals surface area (Å²) in [6.07, 6.45) is -2.82. The number of aryl methyl sites for hydroxylation is 1. The van der Waals surface area contributed by atoms with Crippen molar-refractivity contribution in [2.45, 2.75) is 12.4 Å². The lowest BCUT2D eigenvalue weighted by molar-refractivity contribution is -0.274. The molecule has 2 aromatic rings. The Labute approximate surface area is 120 Å². The molecule has 1 aromatic carbocycles. The van der Waals surface area contributed by atoms with Crippen LogP contribution < -0.4 is 10.5 Å². The van der Waals surface area contributed by atoms with Crippen LogP contribution in [0.3, 0.4) is 0 Å². The lowest BCUT2D eigenvalue weighted by Gasteiger charge is -2.14. The topological polar surface area (TPSA) is 40.2 Å². The van der Waals surface area contributed by atoms with E-state index in [-0.39, 0.29) is 24.2 Å². The van der Waals surface area contributed by atoms with Crippen LogP contribution in [0.4, 0.5) is 13.2 Å². The van der Waals surface area contributed by atoms with Gasteiger partial charge in [-0.25, -0.2) is 0 Å². The third kappa shape index (κ3) is 3.91. The van der Waals surface area contributed by atoms with Gasteiger partial charge in [0.25, 0.3) is 0 Å². The molecule has 2 N–H and O–H groups in total. The highest BCUT2D eigenvalue weighted by Crippen LogP contribution is 2.25. The summed E-state index contributed by atoms with van der Waals surface area (Å²) in [5.74, 6) is -0.254. The van der Waals surface area contributed by atoms with Gasteiger partial charge >= 0.3 is 6.36 Å². The molecular formula is C13H14ClF3N2O. The number of nitrogens with two attached hydrogens (primary N) is 1. The van der Waals surface area contributed by atoms with Crippen LogP contribution in [0.2, 0.25) is 0 Å². The van der Waals surface area contributed by atoms with Crippen molar-refractivity contribution in [1.29, 1.82) is 0 Å². The maximum Gasteiger partial charge on any atom is 0.573 e. The molecule has 0 aliphatic rings. The van der Waals surface area contributed by atoms with Gasteiger partial charge < -0.3 is 15.0 Å². The second-order valence-corrected chi connectivity index (χ2v) is 4.14. The van der Waals surface area contributed by atoms with Crippen molar-refractivity contribution in [2.24, 2.45) is 12.8 Å². The predicted octanol–water partition coefficient (Wildman–Crippen LogP) is 3.39. The molecule has 0 saturated heterocycles. The fraction of sp³-hybridized carbons (Fsp3) is 0.231. The molecule has 0 unspecified atom stereocenters. The van der Waals surface area contributed by atoms with Gasteiger partial charge in [-0.3, -0.25) is 0 Å². The summed E-state index contributed by atoms with van der Waals surface area (Å²) in [5.41, 5.74) is 7.65. The number of halogens is 4. The Kier molecular flexibility index (Phi) is 5.08. The molecule has 20 heavy (non-hydrogen) atoms. The zero-order valence-electron chi connectivity index (χ0n) is 10.6. The van der Waals surface area contributed by atoms with Gasteiger partial charge in [-0.2, -0.15) is 0 Å². The highest BCUT2D eigenvalue weighted by molar-refractivity contribution is 5.85. The monoisotopic (exact) mass is 306 g/mol. The fourth-order valence-corrected chi connectivity index (χ4v) is 1.85. The molecule has 1 heterocycles. The average molecular weight is 307 g/mol. The Hall–Kier alpha value is -1.66. The maximum atomic E-state index is 12.0. The molecule has 0 spiro atoms. The Morgan fingerprint density at radius 2 is 1.75 bits per heavy atom. The SMILES string of the molecule is Cl.Cn1cccc1[C@H](N)c1ccc(OC(F)(F)F)cc1. The van der Waals surface area contributed by atoms with E-state index in [1.807, 2.05) is 29.9 Å². The summed E-state index contributed by atoms with van der Waals surface area (Å²) >= 11 is 0. The van der Waals surface area contributed by atoms with Crippen molar-refractivity contribution in [2.75, 3.05) is 0 Å². The molecule has 0 amide bonds. The number of rotatable bonds is 3. The van der Waals surface area contributed by atoms with Gasteiger partial charge in [-0.15, -0.1) is 25.6 Å². The van der Waals surface area contributed by atoms with Gasteiger partial charge in [0.1, 0.15) is 5.75 Å². The molecule has 0 aliphatic heterocycles. The van der Waals surface area contributed by atoms with Crippen LogP contribution in [-0.4, -0.2) is 10.9 Å². The van der Waals surface area contributed by atoms with E-state index in [1.54, 1.807) is 0 Å². The predicted molar refractivity (Wildman–Crippen MR) is 71.8 cm³/mol. The highest BCUT2D eigenvalue weighted by Gasteiger charge is 2.31. The van der Waals surface area contributed by atoms with E-state index in [9.17, 15) is 13.2 Å². The van der Waals surface area contributed by atoms with Crippen LogP contribution in [0.25, 0.3) is 0 Å². The van der Waals surface area contributed by atoms with Crippen LogP contribution in [0.5, 0.6) is 5.75 Å². The van der Waals surface area contributed by atoms with E-state index in [0.29, 0.717) is 0 Å². The zero-order chi connectivity index (χ0) is 14.0. The van der Waals surface area contributed by atoms with Crippen LogP contribution in [0.15, 0.2) is 42.6 Å². The van der Waals surface area contributed by atoms with Crippen molar-refractivity contribution >= 4 is 12.4 Å². The molecule has 0 aliphatic carbocycles. The smallest absolute Gasteiger partial charge is 0.406 e. The van der Waals surface area contributed by atoms with Gasteiger partial charge in [0, 0.05) is 18.9 Å². The largest absolute Gasteiger partial charge is 0.573 e. The second-order valence-electron chi connectivity index (χ2n) is 4.14. The minimum Gasteiger partial charge on any atom is -0.406 e. The van der Waals surface area contributed by atoms with Gasteiger partial charge in [0.15, 0.2) is 0 Å². The molecular weight excluding hydrogens is 293 g/mol. The Bertz CT molecular complexity index is 551. The summed E-state index contributed by atoms with van der Waals surface area (Å²) in [4.78, 5) is 0. The lowest BCUT2D eigenvalue weighted by atomic mass is 10.0. The third-order valence-corrected chi connectivity index (χ3v) is 2.78. The van der Waals surface area contributed by atoms with Crippen molar-refractivity contribution in [3.8, 4) is 5.75 Å². The highest BCUT2D eigenvalue weighted by atomic mass is 35.5. The van der Waals surface area contributed by atoms with Gasteiger partial charge in [0.2, 0.25) is 0 Å². The lowest BCUT2D eigenvalue weighted by Crippen LogP contribution is -2.18. The van der Waals surface area contributed by atoms with E-state index in [0.717, 1.165) is 11.3 Å². The minimum absolute atomic E-state index is 0.